The Kier molecular flexibility index (Phi) is 7.35. The second-order valence-corrected chi connectivity index (χ2v) is 5.03. The van der Waals surface area contributed by atoms with E-state index in [1.54, 1.807) is 36.0 Å². The summed E-state index contributed by atoms with van der Waals surface area (Å²) in [5.41, 5.74) is 0.743. The molecule has 0 atom stereocenters. The number of nitrogens with one attached hydrogen (secondary N) is 2. The number of halogens is 1. The zero-order valence-corrected chi connectivity index (χ0v) is 11.5. The molecule has 1 aromatic carbocycles. The Morgan fingerprint density at radius 3 is 2.78 bits per heavy atom. The largest absolute Gasteiger partial charge is 0.325 e. The van der Waals surface area contributed by atoms with Crippen LogP contribution >= 0.6 is 23.4 Å². The SMILES string of the molecule is C#CCSCCNCC(=O)Nc1ccc(Cl)cc1. The quantitative estimate of drug-likeness (QED) is 0.595. The standard InChI is InChI=1S/C13H15ClN2OS/c1-2-8-18-9-7-15-10-13(17)16-12-5-3-11(14)4-6-12/h1,3-6,15H,7-10H2,(H,16,17). The molecule has 96 valence electrons. The molecular weight excluding hydrogens is 268 g/mol. The summed E-state index contributed by atoms with van der Waals surface area (Å²) in [6.45, 7) is 1.06. The van der Waals surface area contributed by atoms with Gasteiger partial charge in [0.05, 0.1) is 12.3 Å². The van der Waals surface area contributed by atoms with E-state index in [1.807, 2.05) is 0 Å². The van der Waals surface area contributed by atoms with Crippen molar-refractivity contribution >= 4 is 35.0 Å². The van der Waals surface area contributed by atoms with E-state index >= 15 is 0 Å². The number of terminal acetylenes is 1. The maximum absolute atomic E-state index is 11.5. The molecule has 1 amide bonds. The van der Waals surface area contributed by atoms with Crippen LogP contribution in [0.4, 0.5) is 5.69 Å². The van der Waals surface area contributed by atoms with E-state index in [0.29, 0.717) is 17.3 Å². The Balaban J connectivity index is 2.14. The Morgan fingerprint density at radius 1 is 1.39 bits per heavy atom. The van der Waals surface area contributed by atoms with Crippen molar-refractivity contribution in [3.05, 3.63) is 29.3 Å². The first kappa shape index (κ1) is 14.9. The van der Waals surface area contributed by atoms with Gasteiger partial charge in [-0.15, -0.1) is 18.2 Å². The number of rotatable bonds is 7. The second kappa shape index (κ2) is 8.87. The molecule has 0 aliphatic carbocycles. The van der Waals surface area contributed by atoms with E-state index in [2.05, 4.69) is 16.6 Å². The van der Waals surface area contributed by atoms with E-state index in [-0.39, 0.29) is 5.91 Å². The summed E-state index contributed by atoms with van der Waals surface area (Å²) >= 11 is 7.42. The van der Waals surface area contributed by atoms with Crippen LogP contribution < -0.4 is 10.6 Å². The third kappa shape index (κ3) is 6.55. The van der Waals surface area contributed by atoms with Gasteiger partial charge in [0.1, 0.15) is 0 Å². The van der Waals surface area contributed by atoms with Crippen LogP contribution in [-0.2, 0) is 4.79 Å². The lowest BCUT2D eigenvalue weighted by Crippen LogP contribution is -2.29. The van der Waals surface area contributed by atoms with Crippen molar-refractivity contribution in [3.63, 3.8) is 0 Å². The zero-order chi connectivity index (χ0) is 13.2. The van der Waals surface area contributed by atoms with Gasteiger partial charge >= 0.3 is 0 Å². The fourth-order valence-corrected chi connectivity index (χ4v) is 1.89. The van der Waals surface area contributed by atoms with Gasteiger partial charge in [0.25, 0.3) is 0 Å². The summed E-state index contributed by atoms with van der Waals surface area (Å²) < 4.78 is 0. The Hall–Kier alpha value is -1.15. The molecule has 0 saturated heterocycles. The third-order valence-electron chi connectivity index (χ3n) is 2.02. The van der Waals surface area contributed by atoms with Crippen molar-refractivity contribution in [2.75, 3.05) is 29.9 Å². The Morgan fingerprint density at radius 2 is 2.11 bits per heavy atom. The molecule has 5 heteroatoms. The van der Waals surface area contributed by atoms with Gasteiger partial charge in [-0.2, -0.15) is 0 Å². The van der Waals surface area contributed by atoms with E-state index in [1.165, 1.54) is 0 Å². The summed E-state index contributed by atoms with van der Waals surface area (Å²) in [5.74, 6) is 4.09. The summed E-state index contributed by atoms with van der Waals surface area (Å²) in [7, 11) is 0. The lowest BCUT2D eigenvalue weighted by molar-refractivity contribution is -0.115. The number of amides is 1. The molecule has 1 aromatic rings. The van der Waals surface area contributed by atoms with Gasteiger partial charge in [-0.3, -0.25) is 4.79 Å². The van der Waals surface area contributed by atoms with Gasteiger partial charge in [0.15, 0.2) is 0 Å². The summed E-state index contributed by atoms with van der Waals surface area (Å²) in [6.07, 6.45) is 5.12. The monoisotopic (exact) mass is 282 g/mol. The highest BCUT2D eigenvalue weighted by Gasteiger charge is 2.01. The van der Waals surface area contributed by atoms with Crippen LogP contribution in [0.5, 0.6) is 0 Å². The fraction of sp³-hybridized carbons (Fsp3) is 0.308. The van der Waals surface area contributed by atoms with Crippen molar-refractivity contribution in [2.24, 2.45) is 0 Å². The molecule has 2 N–H and O–H groups in total. The average Bonchev–Trinajstić information content (AvgIpc) is 2.36. The molecule has 18 heavy (non-hydrogen) atoms. The molecule has 0 radical (unpaired) electrons. The molecule has 0 bridgehead atoms. The van der Waals surface area contributed by atoms with Crippen LogP contribution in [0, 0.1) is 12.3 Å². The fourth-order valence-electron chi connectivity index (χ4n) is 1.22. The predicted molar refractivity (Wildman–Crippen MR) is 79.1 cm³/mol. The number of anilines is 1. The molecule has 0 spiro atoms. The zero-order valence-electron chi connectivity index (χ0n) is 9.91. The van der Waals surface area contributed by atoms with Gasteiger partial charge in [0.2, 0.25) is 5.91 Å². The van der Waals surface area contributed by atoms with Gasteiger partial charge < -0.3 is 10.6 Å². The lowest BCUT2D eigenvalue weighted by atomic mass is 10.3. The highest BCUT2D eigenvalue weighted by molar-refractivity contribution is 7.99. The minimum absolute atomic E-state index is 0.0701. The summed E-state index contributed by atoms with van der Waals surface area (Å²) in [6, 6.07) is 7.01. The van der Waals surface area contributed by atoms with Gasteiger partial charge in [-0.25, -0.2) is 0 Å². The van der Waals surface area contributed by atoms with Crippen LogP contribution in [0.25, 0.3) is 0 Å². The second-order valence-electron chi connectivity index (χ2n) is 3.49. The van der Waals surface area contributed by atoms with Crippen LogP contribution in [-0.4, -0.2) is 30.5 Å². The highest BCUT2D eigenvalue weighted by Crippen LogP contribution is 2.12. The molecule has 0 aliphatic rings. The normalized spacial score (nSPS) is 9.78. The predicted octanol–water partition coefficient (Wildman–Crippen LogP) is 2.23. The first-order chi connectivity index (χ1) is 8.72. The molecule has 3 nitrogen and oxygen atoms in total. The molecular formula is C13H15ClN2OS. The number of hydrogen-bond donors (Lipinski definition) is 2. The van der Waals surface area contributed by atoms with Gasteiger partial charge in [0, 0.05) is 23.0 Å². The van der Waals surface area contributed by atoms with Crippen LogP contribution in [0.1, 0.15) is 0 Å². The number of carbonyl (C=O) groups excluding carboxylic acids is 1. The molecule has 1 rings (SSSR count). The van der Waals surface area contributed by atoms with Gasteiger partial charge in [-0.05, 0) is 24.3 Å². The number of thioether (sulfide) groups is 1. The molecule has 0 unspecified atom stereocenters. The first-order valence-electron chi connectivity index (χ1n) is 5.49. The number of hydrogen-bond acceptors (Lipinski definition) is 3. The Bertz CT molecular complexity index is 414. The topological polar surface area (TPSA) is 41.1 Å². The van der Waals surface area contributed by atoms with Crippen LogP contribution in [0.15, 0.2) is 24.3 Å². The van der Waals surface area contributed by atoms with E-state index in [9.17, 15) is 4.79 Å². The lowest BCUT2D eigenvalue weighted by Gasteiger charge is -2.06. The maximum atomic E-state index is 11.5. The molecule has 0 saturated carbocycles. The third-order valence-corrected chi connectivity index (χ3v) is 3.14. The summed E-state index contributed by atoms with van der Waals surface area (Å²) in [5, 5.41) is 6.47. The molecule has 0 fully saturated rings. The van der Waals surface area contributed by atoms with Crippen molar-refractivity contribution < 1.29 is 4.79 Å². The maximum Gasteiger partial charge on any atom is 0.238 e. The van der Waals surface area contributed by atoms with Crippen LogP contribution in [0.3, 0.4) is 0 Å². The highest BCUT2D eigenvalue weighted by atomic mass is 35.5. The minimum Gasteiger partial charge on any atom is -0.325 e. The van der Waals surface area contributed by atoms with Crippen molar-refractivity contribution in [3.8, 4) is 12.3 Å². The van der Waals surface area contributed by atoms with Crippen molar-refractivity contribution in [1.82, 2.24) is 5.32 Å². The Labute approximate surface area is 117 Å². The number of carbonyl (C=O) groups is 1. The molecule has 0 aromatic heterocycles. The van der Waals surface area contributed by atoms with Crippen molar-refractivity contribution in [1.29, 1.82) is 0 Å². The van der Waals surface area contributed by atoms with Crippen LogP contribution in [0.2, 0.25) is 5.02 Å². The van der Waals surface area contributed by atoms with E-state index in [4.69, 9.17) is 18.0 Å². The minimum atomic E-state index is -0.0701. The van der Waals surface area contributed by atoms with Crippen molar-refractivity contribution in [2.45, 2.75) is 0 Å². The smallest absolute Gasteiger partial charge is 0.238 e. The molecule has 0 aliphatic heterocycles. The average molecular weight is 283 g/mol. The number of benzene rings is 1. The first-order valence-corrected chi connectivity index (χ1v) is 7.03. The molecule has 0 heterocycles. The van der Waals surface area contributed by atoms with E-state index in [0.717, 1.165) is 18.0 Å². The van der Waals surface area contributed by atoms with Gasteiger partial charge in [-0.1, -0.05) is 17.5 Å². The van der Waals surface area contributed by atoms with E-state index < -0.39 is 0 Å². The summed E-state index contributed by atoms with van der Waals surface area (Å²) in [4.78, 5) is 11.5.